The number of benzene rings is 5. The van der Waals surface area contributed by atoms with Crippen LogP contribution in [0.15, 0.2) is 128 Å². The van der Waals surface area contributed by atoms with Crippen molar-refractivity contribution < 1.29 is 28.1 Å². The number of anilines is 1. The van der Waals surface area contributed by atoms with E-state index in [4.69, 9.17) is 41.0 Å². The quantitative estimate of drug-likeness (QED) is 0.0339. The maximum absolute atomic E-state index is 14.1. The summed E-state index contributed by atoms with van der Waals surface area (Å²) >= 11 is 8.23. The fraction of sp³-hybridized carbons (Fsp3) is 0.191. The highest BCUT2D eigenvalue weighted by molar-refractivity contribution is 7.22. The van der Waals surface area contributed by atoms with E-state index in [1.54, 1.807) is 32.4 Å². The van der Waals surface area contributed by atoms with E-state index in [9.17, 15) is 4.39 Å². The van der Waals surface area contributed by atoms with Gasteiger partial charge in [-0.25, -0.2) is 14.4 Å². The van der Waals surface area contributed by atoms with Crippen molar-refractivity contribution in [1.29, 1.82) is 0 Å². The van der Waals surface area contributed by atoms with E-state index >= 15 is 0 Å². The monoisotopic (exact) mass is 815 g/mol. The molecule has 0 fully saturated rings. The molecule has 0 radical (unpaired) electrons. The summed E-state index contributed by atoms with van der Waals surface area (Å²) in [6.07, 6.45) is 2.51. The van der Waals surface area contributed by atoms with Gasteiger partial charge in [-0.2, -0.15) is 0 Å². The number of rotatable bonds is 16. The third-order valence-corrected chi connectivity index (χ3v) is 11.5. The molecule has 58 heavy (non-hydrogen) atoms. The van der Waals surface area contributed by atoms with E-state index in [1.165, 1.54) is 29.8 Å². The number of methoxy groups -OCH3 is 2. The lowest BCUT2D eigenvalue weighted by Crippen LogP contribution is -2.38. The van der Waals surface area contributed by atoms with Gasteiger partial charge in [0.05, 0.1) is 45.1 Å². The van der Waals surface area contributed by atoms with E-state index in [1.807, 2.05) is 98.8 Å². The lowest BCUT2D eigenvalue weighted by Gasteiger charge is -2.37. The number of hydrogen-bond acceptors (Lipinski definition) is 9. The number of aryl methyl sites for hydroxylation is 1. The second-order valence-electron chi connectivity index (χ2n) is 13.6. The van der Waals surface area contributed by atoms with Crippen LogP contribution in [-0.4, -0.2) is 50.1 Å². The fourth-order valence-corrected chi connectivity index (χ4v) is 8.69. The highest BCUT2D eigenvalue weighted by atomic mass is 35.5. The molecule has 1 atom stereocenters. The molecule has 0 aliphatic rings. The Morgan fingerprint density at radius 3 is 2.05 bits per heavy atom. The van der Waals surface area contributed by atoms with Gasteiger partial charge in [0, 0.05) is 10.4 Å². The number of nitrogens with two attached hydrogens (primary N) is 1. The van der Waals surface area contributed by atoms with E-state index in [0.29, 0.717) is 33.4 Å². The minimum atomic E-state index is -1.08. The minimum Gasteiger partial charge on any atom is -0.497 e. The number of hydrogen-bond donors (Lipinski definition) is 1. The van der Waals surface area contributed by atoms with Crippen LogP contribution >= 0.6 is 22.9 Å². The molecule has 0 unspecified atom stereocenters. The van der Waals surface area contributed by atoms with Crippen molar-refractivity contribution in [1.82, 2.24) is 9.97 Å². The van der Waals surface area contributed by atoms with Crippen molar-refractivity contribution in [3.05, 3.63) is 167 Å². The van der Waals surface area contributed by atoms with Crippen molar-refractivity contribution in [2.75, 3.05) is 39.8 Å². The molecule has 7 aromatic rings. The van der Waals surface area contributed by atoms with Gasteiger partial charge >= 0.3 is 0 Å². The zero-order chi connectivity index (χ0) is 40.8. The maximum Gasteiger partial charge on any atom is 0.145 e. The molecule has 0 spiro atoms. The second kappa shape index (κ2) is 17.8. The summed E-state index contributed by atoms with van der Waals surface area (Å²) in [4.78, 5) is 10.4. The van der Waals surface area contributed by atoms with Crippen molar-refractivity contribution in [3.8, 4) is 38.8 Å². The molecule has 11 heteroatoms. The SMILES string of the molecule is C=CCOC[C@H](COC(c1ccccc1)(c1ccc(OC)cc1)c1ccc(OC)cc1)Oc1cc(C)c(-c2c(-c3ccc(F)cc3)sc3ncnc(Cl)c23)c(C)c1N. The number of fused-ring (bicyclic) bond motifs is 1. The van der Waals surface area contributed by atoms with Crippen LogP contribution in [0.2, 0.25) is 5.15 Å². The third kappa shape index (κ3) is 8.01. The van der Waals surface area contributed by atoms with Gasteiger partial charge in [-0.15, -0.1) is 17.9 Å². The minimum absolute atomic E-state index is 0.0974. The number of thiophene rings is 1. The lowest BCUT2D eigenvalue weighted by molar-refractivity contribution is -0.0522. The number of nitrogens with zero attached hydrogens (tertiary/aromatic N) is 2. The first-order valence-corrected chi connectivity index (χ1v) is 19.8. The molecule has 0 saturated carbocycles. The molecule has 0 saturated heterocycles. The van der Waals surface area contributed by atoms with Gasteiger partial charge < -0.3 is 29.4 Å². The molecule has 0 bridgehead atoms. The average Bonchev–Trinajstić information content (AvgIpc) is 3.64. The fourth-order valence-electron chi connectivity index (χ4n) is 7.26. The van der Waals surface area contributed by atoms with Crippen LogP contribution in [0, 0.1) is 19.7 Å². The summed E-state index contributed by atoms with van der Waals surface area (Å²) in [5.74, 6) is 1.59. The highest BCUT2D eigenvalue weighted by Crippen LogP contribution is 2.50. The molecule has 2 N–H and O–H groups in total. The van der Waals surface area contributed by atoms with Gasteiger partial charge in [0.15, 0.2) is 0 Å². The second-order valence-corrected chi connectivity index (χ2v) is 15.0. The Morgan fingerprint density at radius 1 is 0.828 bits per heavy atom. The smallest absolute Gasteiger partial charge is 0.145 e. The summed E-state index contributed by atoms with van der Waals surface area (Å²) in [7, 11) is 3.28. The van der Waals surface area contributed by atoms with Gasteiger partial charge in [-0.05, 0) is 95.3 Å². The standard InChI is InChI=1S/C47H43ClFN3O5S/c1-6-24-55-26-38(27-56-47(32-10-8-7-9-11-32,33-14-20-36(53-4)21-15-33)34-16-22-37(54-5)23-17-34)57-39-25-29(2)40(30(3)43(39)50)41-42-45(48)51-28-52-46(42)58-44(41)31-12-18-35(49)19-13-31/h6-23,25,28,38H,1,24,26-27,50H2,2-5H3/t38-/m1/s1. The molecule has 0 aliphatic heterocycles. The summed E-state index contributed by atoms with van der Waals surface area (Å²) < 4.78 is 45.1. The lowest BCUT2D eigenvalue weighted by atomic mass is 9.80. The summed E-state index contributed by atoms with van der Waals surface area (Å²) in [5, 5.41) is 1.01. The van der Waals surface area contributed by atoms with Crippen LogP contribution in [0.3, 0.4) is 0 Å². The third-order valence-electron chi connectivity index (χ3n) is 10.1. The van der Waals surface area contributed by atoms with Gasteiger partial charge in [0.2, 0.25) is 0 Å². The molecular formula is C47H43ClFN3O5S. The molecule has 0 amide bonds. The Bertz CT molecular complexity index is 2470. The number of ether oxygens (including phenoxy) is 5. The zero-order valence-corrected chi connectivity index (χ0v) is 34.2. The Labute approximate surface area is 346 Å². The summed E-state index contributed by atoms with van der Waals surface area (Å²) in [5.41, 5.74) is 13.2. The number of halogens is 2. The Hall–Kier alpha value is -5.78. The van der Waals surface area contributed by atoms with Crippen LogP contribution < -0.4 is 19.9 Å². The Kier molecular flexibility index (Phi) is 12.4. The van der Waals surface area contributed by atoms with Gasteiger partial charge in [-0.1, -0.05) is 84.4 Å². The Balaban J connectivity index is 1.31. The van der Waals surface area contributed by atoms with Crippen LogP contribution in [0.4, 0.5) is 10.1 Å². The normalized spacial score (nSPS) is 12.0. The first-order valence-electron chi connectivity index (χ1n) is 18.6. The predicted octanol–water partition coefficient (Wildman–Crippen LogP) is 11.0. The zero-order valence-electron chi connectivity index (χ0n) is 32.6. The largest absolute Gasteiger partial charge is 0.497 e. The molecular weight excluding hydrogens is 773 g/mol. The first-order chi connectivity index (χ1) is 28.2. The topological polar surface area (TPSA) is 98.0 Å². The number of aromatic nitrogens is 2. The van der Waals surface area contributed by atoms with Crippen LogP contribution in [0.25, 0.3) is 31.8 Å². The predicted molar refractivity (Wildman–Crippen MR) is 231 cm³/mol. The number of nitrogen functional groups attached to an aromatic ring is 1. The molecule has 5 aromatic carbocycles. The van der Waals surface area contributed by atoms with Gasteiger partial charge in [0.1, 0.15) is 51.1 Å². The molecule has 2 heterocycles. The molecule has 2 aromatic heterocycles. The van der Waals surface area contributed by atoms with Crippen molar-refractivity contribution >= 4 is 38.8 Å². The molecule has 8 nitrogen and oxygen atoms in total. The van der Waals surface area contributed by atoms with Crippen LogP contribution in [-0.2, 0) is 15.1 Å². The maximum atomic E-state index is 14.1. The van der Waals surface area contributed by atoms with E-state index in [2.05, 4.69) is 16.5 Å². The highest BCUT2D eigenvalue weighted by Gasteiger charge is 2.39. The summed E-state index contributed by atoms with van der Waals surface area (Å²) in [6.45, 7) is 8.37. The van der Waals surface area contributed by atoms with Gasteiger partial charge in [0.25, 0.3) is 0 Å². The molecule has 7 rings (SSSR count). The van der Waals surface area contributed by atoms with E-state index in [-0.39, 0.29) is 19.0 Å². The van der Waals surface area contributed by atoms with Crippen molar-refractivity contribution in [2.45, 2.75) is 25.6 Å². The first kappa shape index (κ1) is 40.4. The van der Waals surface area contributed by atoms with E-state index in [0.717, 1.165) is 60.9 Å². The molecule has 296 valence electrons. The molecule has 0 aliphatic carbocycles. The summed E-state index contributed by atoms with van der Waals surface area (Å²) in [6, 6.07) is 34.1. The van der Waals surface area contributed by atoms with E-state index < -0.39 is 11.7 Å². The van der Waals surface area contributed by atoms with Crippen LogP contribution in [0.5, 0.6) is 17.2 Å². The van der Waals surface area contributed by atoms with Crippen LogP contribution in [0.1, 0.15) is 27.8 Å². The van der Waals surface area contributed by atoms with Crippen molar-refractivity contribution in [2.24, 2.45) is 0 Å². The van der Waals surface area contributed by atoms with Crippen molar-refractivity contribution in [3.63, 3.8) is 0 Å². The Morgan fingerprint density at radius 2 is 1.45 bits per heavy atom. The average molecular weight is 816 g/mol. The van der Waals surface area contributed by atoms with Gasteiger partial charge in [-0.3, -0.25) is 0 Å².